The van der Waals surface area contributed by atoms with Crippen LogP contribution in [0.25, 0.3) is 0 Å². The third kappa shape index (κ3) is 3.55. The molecule has 1 aromatic rings. The summed E-state index contributed by atoms with van der Waals surface area (Å²) in [6.45, 7) is 3.45. The van der Waals surface area contributed by atoms with Crippen LogP contribution in [0.15, 0.2) is 15.9 Å². The van der Waals surface area contributed by atoms with Crippen molar-refractivity contribution in [3.05, 3.63) is 20.8 Å². The van der Waals surface area contributed by atoms with Gasteiger partial charge < -0.3 is 10.6 Å². The van der Waals surface area contributed by atoms with E-state index in [1.165, 1.54) is 43.6 Å². The largest absolute Gasteiger partial charge is 0.322 e. The second kappa shape index (κ2) is 6.15. The average molecular weight is 303 g/mol. The van der Waals surface area contributed by atoms with E-state index < -0.39 is 0 Å². The Morgan fingerprint density at radius 2 is 2.00 bits per heavy atom. The van der Waals surface area contributed by atoms with Crippen LogP contribution in [0.1, 0.15) is 36.6 Å². The maximum atomic E-state index is 6.24. The van der Waals surface area contributed by atoms with E-state index in [1.807, 2.05) is 0 Å². The molecule has 2 N–H and O–H groups in total. The van der Waals surface area contributed by atoms with Crippen LogP contribution in [-0.4, -0.2) is 24.5 Å². The highest BCUT2D eigenvalue weighted by Crippen LogP contribution is 2.25. The molecule has 0 radical (unpaired) electrons. The average Bonchev–Trinajstić information content (AvgIpc) is 2.54. The van der Waals surface area contributed by atoms with Crippen LogP contribution in [0.3, 0.4) is 0 Å². The van der Waals surface area contributed by atoms with Crippen LogP contribution < -0.4 is 5.73 Å². The van der Waals surface area contributed by atoms with Gasteiger partial charge in [-0.1, -0.05) is 12.8 Å². The van der Waals surface area contributed by atoms with Gasteiger partial charge in [-0.15, -0.1) is 11.3 Å². The summed E-state index contributed by atoms with van der Waals surface area (Å²) in [5.41, 5.74) is 6.24. The highest BCUT2D eigenvalue weighted by molar-refractivity contribution is 9.10. The van der Waals surface area contributed by atoms with Gasteiger partial charge in [-0.2, -0.15) is 0 Å². The predicted molar refractivity (Wildman–Crippen MR) is 73.9 cm³/mol. The summed E-state index contributed by atoms with van der Waals surface area (Å²) in [5, 5.41) is 2.11. The molecule has 1 unspecified atom stereocenters. The Labute approximate surface area is 110 Å². The molecule has 1 fully saturated rings. The monoisotopic (exact) mass is 302 g/mol. The fourth-order valence-corrected chi connectivity index (χ4v) is 3.65. The lowest BCUT2D eigenvalue weighted by Gasteiger charge is -2.23. The fraction of sp³-hybridized carbons (Fsp3) is 0.667. The molecule has 4 heteroatoms. The fourth-order valence-electron chi connectivity index (χ4n) is 2.21. The van der Waals surface area contributed by atoms with Crippen molar-refractivity contribution in [2.45, 2.75) is 31.7 Å². The molecule has 0 saturated carbocycles. The first kappa shape index (κ1) is 12.6. The third-order valence-electron chi connectivity index (χ3n) is 3.11. The van der Waals surface area contributed by atoms with Gasteiger partial charge >= 0.3 is 0 Å². The zero-order valence-electron chi connectivity index (χ0n) is 9.49. The van der Waals surface area contributed by atoms with E-state index in [0.29, 0.717) is 0 Å². The number of nitrogens with zero attached hydrogens (tertiary/aromatic N) is 1. The SMILES string of the molecule is NC(CN1CCCCCC1)c1cc(Br)cs1. The van der Waals surface area contributed by atoms with Gasteiger partial charge in [-0.3, -0.25) is 0 Å². The maximum Gasteiger partial charge on any atom is 0.0519 e. The van der Waals surface area contributed by atoms with E-state index in [0.717, 1.165) is 11.0 Å². The van der Waals surface area contributed by atoms with Crippen LogP contribution in [0.5, 0.6) is 0 Å². The molecule has 0 amide bonds. The van der Waals surface area contributed by atoms with Gasteiger partial charge in [0.2, 0.25) is 0 Å². The molecule has 2 heterocycles. The summed E-state index contributed by atoms with van der Waals surface area (Å²) in [7, 11) is 0. The first-order valence-corrected chi connectivity index (χ1v) is 7.65. The molecule has 0 aromatic carbocycles. The maximum absolute atomic E-state index is 6.24. The molecule has 1 atom stereocenters. The molecule has 2 nitrogen and oxygen atoms in total. The van der Waals surface area contributed by atoms with Crippen molar-refractivity contribution in [2.24, 2.45) is 5.73 Å². The van der Waals surface area contributed by atoms with Crippen LogP contribution in [0, 0.1) is 0 Å². The smallest absolute Gasteiger partial charge is 0.0519 e. The number of nitrogens with two attached hydrogens (primary N) is 1. The molecule has 1 aromatic heterocycles. The van der Waals surface area contributed by atoms with Crippen LogP contribution in [0.4, 0.5) is 0 Å². The van der Waals surface area contributed by atoms with Gasteiger partial charge in [-0.25, -0.2) is 0 Å². The molecule has 0 aliphatic carbocycles. The molecule has 0 spiro atoms. The molecular weight excluding hydrogens is 284 g/mol. The van der Waals surface area contributed by atoms with Gasteiger partial charge in [0.15, 0.2) is 0 Å². The molecule has 1 saturated heterocycles. The molecule has 2 rings (SSSR count). The second-order valence-corrected chi connectivity index (χ2v) is 6.35. The third-order valence-corrected chi connectivity index (χ3v) is 4.93. The number of hydrogen-bond donors (Lipinski definition) is 1. The molecular formula is C12H19BrN2S. The molecule has 1 aliphatic heterocycles. The number of thiophene rings is 1. The summed E-state index contributed by atoms with van der Waals surface area (Å²) in [6.07, 6.45) is 5.44. The van der Waals surface area contributed by atoms with Crippen molar-refractivity contribution < 1.29 is 0 Å². The summed E-state index contributed by atoms with van der Waals surface area (Å²) < 4.78 is 1.15. The quantitative estimate of drug-likeness (QED) is 0.927. The van der Waals surface area contributed by atoms with E-state index >= 15 is 0 Å². The van der Waals surface area contributed by atoms with Gasteiger partial charge in [-0.05, 0) is 47.9 Å². The topological polar surface area (TPSA) is 29.3 Å². The Hall–Kier alpha value is 0.1000. The van der Waals surface area contributed by atoms with Crippen molar-refractivity contribution >= 4 is 27.3 Å². The van der Waals surface area contributed by atoms with Crippen molar-refractivity contribution in [1.29, 1.82) is 0 Å². The second-order valence-electron chi connectivity index (χ2n) is 4.49. The Morgan fingerprint density at radius 3 is 2.56 bits per heavy atom. The number of rotatable bonds is 3. The Morgan fingerprint density at radius 1 is 1.31 bits per heavy atom. The van der Waals surface area contributed by atoms with E-state index in [9.17, 15) is 0 Å². The van der Waals surface area contributed by atoms with Crippen LogP contribution >= 0.6 is 27.3 Å². The summed E-state index contributed by atoms with van der Waals surface area (Å²) in [4.78, 5) is 3.81. The molecule has 16 heavy (non-hydrogen) atoms. The van der Waals surface area contributed by atoms with Gasteiger partial charge in [0.1, 0.15) is 0 Å². The van der Waals surface area contributed by atoms with Crippen LogP contribution in [-0.2, 0) is 0 Å². The normalized spacial score (nSPS) is 20.6. The van der Waals surface area contributed by atoms with Crippen molar-refractivity contribution in [3.63, 3.8) is 0 Å². The molecule has 90 valence electrons. The molecule has 0 bridgehead atoms. The first-order chi connectivity index (χ1) is 7.75. The Bertz CT molecular complexity index is 319. The van der Waals surface area contributed by atoms with Crippen molar-refractivity contribution in [1.82, 2.24) is 4.90 Å². The summed E-state index contributed by atoms with van der Waals surface area (Å²) >= 11 is 5.23. The highest BCUT2D eigenvalue weighted by atomic mass is 79.9. The lowest BCUT2D eigenvalue weighted by Crippen LogP contribution is -2.32. The van der Waals surface area contributed by atoms with E-state index in [4.69, 9.17) is 5.73 Å². The number of likely N-dealkylation sites (tertiary alicyclic amines) is 1. The zero-order valence-corrected chi connectivity index (χ0v) is 11.9. The Kier molecular flexibility index (Phi) is 4.82. The van der Waals surface area contributed by atoms with Gasteiger partial charge in [0, 0.05) is 21.3 Å². The van der Waals surface area contributed by atoms with E-state index in [2.05, 4.69) is 32.3 Å². The summed E-state index contributed by atoms with van der Waals surface area (Å²) in [6, 6.07) is 2.32. The van der Waals surface area contributed by atoms with Crippen molar-refractivity contribution in [2.75, 3.05) is 19.6 Å². The van der Waals surface area contributed by atoms with Crippen molar-refractivity contribution in [3.8, 4) is 0 Å². The highest BCUT2D eigenvalue weighted by Gasteiger charge is 2.15. The minimum atomic E-state index is 0.175. The molecule has 1 aliphatic rings. The summed E-state index contributed by atoms with van der Waals surface area (Å²) in [5.74, 6) is 0. The minimum absolute atomic E-state index is 0.175. The minimum Gasteiger partial charge on any atom is -0.322 e. The first-order valence-electron chi connectivity index (χ1n) is 5.97. The zero-order chi connectivity index (χ0) is 11.4. The Balaban J connectivity index is 1.88. The van der Waals surface area contributed by atoms with Gasteiger partial charge in [0.25, 0.3) is 0 Å². The lowest BCUT2D eigenvalue weighted by atomic mass is 10.2. The predicted octanol–water partition coefficient (Wildman–Crippen LogP) is 3.39. The van der Waals surface area contributed by atoms with Crippen LogP contribution in [0.2, 0.25) is 0 Å². The number of hydrogen-bond acceptors (Lipinski definition) is 3. The van der Waals surface area contributed by atoms with E-state index in [-0.39, 0.29) is 6.04 Å². The van der Waals surface area contributed by atoms with E-state index in [1.54, 1.807) is 11.3 Å². The number of halogens is 1. The van der Waals surface area contributed by atoms with Gasteiger partial charge in [0.05, 0.1) is 6.04 Å². The lowest BCUT2D eigenvalue weighted by molar-refractivity contribution is 0.269. The standard InChI is InChI=1S/C12H19BrN2S/c13-10-7-12(16-9-10)11(14)8-15-5-3-1-2-4-6-15/h7,9,11H,1-6,8,14H2.